The number of hydrogen-bond acceptors (Lipinski definition) is 4. The van der Waals surface area contributed by atoms with E-state index < -0.39 is 5.92 Å². The maximum atomic E-state index is 13.6. The molecule has 1 saturated carbocycles. The second kappa shape index (κ2) is 8.47. The number of alkyl halides is 2. The Labute approximate surface area is 211 Å². The molecule has 6 rings (SSSR count). The zero-order valence-electron chi connectivity index (χ0n) is 19.4. The number of carbonyl (C=O) groups is 1. The highest BCUT2D eigenvalue weighted by atomic mass is 79.9. The van der Waals surface area contributed by atoms with Crippen LogP contribution in [0.5, 0.6) is 0 Å². The van der Waals surface area contributed by atoms with Crippen molar-refractivity contribution in [2.45, 2.75) is 44.4 Å². The van der Waals surface area contributed by atoms with E-state index in [0.717, 1.165) is 28.8 Å². The van der Waals surface area contributed by atoms with Crippen molar-refractivity contribution in [3.63, 3.8) is 0 Å². The smallest absolute Gasteiger partial charge is 0.257 e. The Hall–Kier alpha value is -2.68. The fourth-order valence-corrected chi connectivity index (χ4v) is 5.71. The van der Waals surface area contributed by atoms with Crippen LogP contribution in [0.1, 0.15) is 48.9 Å². The van der Waals surface area contributed by atoms with Crippen molar-refractivity contribution in [2.75, 3.05) is 41.3 Å². The van der Waals surface area contributed by atoms with Gasteiger partial charge in [0.25, 0.3) is 11.8 Å². The molecular formula is C26H28BrF2N5O. The van der Waals surface area contributed by atoms with Crippen molar-refractivity contribution in [1.29, 1.82) is 0 Å². The lowest BCUT2D eigenvalue weighted by Gasteiger charge is -2.35. The molecule has 2 aromatic carbocycles. The molecule has 184 valence electrons. The minimum atomic E-state index is -2.61. The van der Waals surface area contributed by atoms with Gasteiger partial charge < -0.3 is 20.1 Å². The summed E-state index contributed by atoms with van der Waals surface area (Å²) in [5.41, 5.74) is 4.12. The Morgan fingerprint density at radius 2 is 1.69 bits per heavy atom. The van der Waals surface area contributed by atoms with E-state index >= 15 is 0 Å². The van der Waals surface area contributed by atoms with Crippen LogP contribution in [0.15, 0.2) is 40.9 Å². The molecule has 3 heterocycles. The standard InChI is InChI=1S/C26H28BrF2N5O/c27-17-4-5-18(21(16-17)33-12-8-25(6-7-25)9-13-33)23(35)30-19-2-1-3-20-22(19)32-24(31-20)34-14-10-26(28,29)11-15-34/h1-5,16H,6-15H2,(H,30,35)(H,31,32). The number of aromatic amines is 1. The first kappa shape index (κ1) is 22.8. The summed E-state index contributed by atoms with van der Waals surface area (Å²) in [4.78, 5) is 25.5. The predicted molar refractivity (Wildman–Crippen MR) is 138 cm³/mol. The van der Waals surface area contributed by atoms with Gasteiger partial charge in [0.2, 0.25) is 5.95 Å². The maximum absolute atomic E-state index is 13.6. The lowest BCUT2D eigenvalue weighted by atomic mass is 9.93. The number of aromatic nitrogens is 2. The number of amides is 1. The number of hydrogen-bond donors (Lipinski definition) is 2. The van der Waals surface area contributed by atoms with Gasteiger partial charge in [-0.1, -0.05) is 22.0 Å². The predicted octanol–water partition coefficient (Wildman–Crippen LogP) is 6.19. The van der Waals surface area contributed by atoms with Gasteiger partial charge in [-0.25, -0.2) is 13.8 Å². The molecule has 2 saturated heterocycles. The van der Waals surface area contributed by atoms with E-state index in [1.165, 1.54) is 25.7 Å². The van der Waals surface area contributed by atoms with Crippen LogP contribution in [-0.4, -0.2) is 48.0 Å². The Bertz CT molecular complexity index is 1270. The van der Waals surface area contributed by atoms with Crippen LogP contribution in [0, 0.1) is 5.41 Å². The summed E-state index contributed by atoms with van der Waals surface area (Å²) in [6.07, 6.45) is 4.66. The molecule has 2 N–H and O–H groups in total. The van der Waals surface area contributed by atoms with E-state index in [1.807, 2.05) is 41.3 Å². The molecule has 3 aromatic rings. The fourth-order valence-electron chi connectivity index (χ4n) is 5.36. The monoisotopic (exact) mass is 543 g/mol. The third kappa shape index (κ3) is 4.50. The van der Waals surface area contributed by atoms with Gasteiger partial charge in [0.05, 0.1) is 22.5 Å². The molecule has 9 heteroatoms. The quantitative estimate of drug-likeness (QED) is 0.411. The molecule has 1 spiro atoms. The molecule has 6 nitrogen and oxygen atoms in total. The number of imidazole rings is 1. The largest absolute Gasteiger partial charge is 0.371 e. The number of piperidine rings is 2. The molecule has 0 radical (unpaired) electrons. The molecule has 0 atom stereocenters. The highest BCUT2D eigenvalue weighted by Gasteiger charge is 2.44. The zero-order chi connectivity index (χ0) is 24.2. The van der Waals surface area contributed by atoms with Crippen molar-refractivity contribution >= 4 is 50.2 Å². The van der Waals surface area contributed by atoms with E-state index in [1.54, 1.807) is 0 Å². The van der Waals surface area contributed by atoms with Gasteiger partial charge in [-0.15, -0.1) is 0 Å². The topological polar surface area (TPSA) is 64.3 Å². The molecule has 0 bridgehead atoms. The van der Waals surface area contributed by atoms with E-state index in [9.17, 15) is 13.6 Å². The minimum absolute atomic E-state index is 0.183. The number of nitrogens with zero attached hydrogens (tertiary/aromatic N) is 3. The Morgan fingerprint density at radius 1 is 0.971 bits per heavy atom. The molecule has 2 aliphatic heterocycles. The number of anilines is 3. The van der Waals surface area contributed by atoms with Crippen LogP contribution < -0.4 is 15.1 Å². The molecule has 1 aliphatic carbocycles. The highest BCUT2D eigenvalue weighted by Crippen LogP contribution is 2.54. The summed E-state index contributed by atoms with van der Waals surface area (Å²) in [6, 6.07) is 11.3. The zero-order valence-corrected chi connectivity index (χ0v) is 21.0. The lowest BCUT2D eigenvalue weighted by Crippen LogP contribution is -2.39. The third-order valence-corrected chi connectivity index (χ3v) is 8.36. The van der Waals surface area contributed by atoms with Crippen LogP contribution in [0.4, 0.5) is 26.1 Å². The van der Waals surface area contributed by atoms with E-state index in [4.69, 9.17) is 0 Å². The van der Waals surface area contributed by atoms with Gasteiger partial charge in [0, 0.05) is 43.5 Å². The summed E-state index contributed by atoms with van der Waals surface area (Å²) in [5, 5.41) is 3.06. The first-order chi connectivity index (χ1) is 16.8. The molecule has 1 amide bonds. The van der Waals surface area contributed by atoms with Crippen LogP contribution in [0.2, 0.25) is 0 Å². The van der Waals surface area contributed by atoms with Crippen molar-refractivity contribution < 1.29 is 13.6 Å². The van der Waals surface area contributed by atoms with Crippen molar-refractivity contribution in [3.05, 3.63) is 46.4 Å². The number of carbonyl (C=O) groups excluding carboxylic acids is 1. The minimum Gasteiger partial charge on any atom is -0.371 e. The summed E-state index contributed by atoms with van der Waals surface area (Å²) >= 11 is 3.57. The molecule has 3 aliphatic rings. The fraction of sp³-hybridized carbons (Fsp3) is 0.462. The highest BCUT2D eigenvalue weighted by molar-refractivity contribution is 9.10. The Balaban J connectivity index is 1.24. The second-order valence-electron chi connectivity index (χ2n) is 10.2. The molecule has 3 fully saturated rings. The van der Waals surface area contributed by atoms with Gasteiger partial charge in [0.15, 0.2) is 0 Å². The van der Waals surface area contributed by atoms with Crippen LogP contribution in [0.25, 0.3) is 11.0 Å². The normalized spacial score (nSPS) is 20.9. The van der Waals surface area contributed by atoms with E-state index in [-0.39, 0.29) is 31.8 Å². The summed E-state index contributed by atoms with van der Waals surface area (Å²) in [7, 11) is 0. The van der Waals surface area contributed by atoms with Crippen molar-refractivity contribution in [3.8, 4) is 0 Å². The first-order valence-corrected chi connectivity index (χ1v) is 13.1. The number of benzene rings is 2. The number of H-pyrrole nitrogens is 1. The van der Waals surface area contributed by atoms with Gasteiger partial charge in [-0.3, -0.25) is 4.79 Å². The molecular weight excluding hydrogens is 516 g/mol. The Kier molecular flexibility index (Phi) is 5.51. The number of rotatable bonds is 4. The van der Waals surface area contributed by atoms with Gasteiger partial charge in [-0.05, 0) is 61.4 Å². The molecule has 35 heavy (non-hydrogen) atoms. The number of para-hydroxylation sites is 1. The second-order valence-corrected chi connectivity index (χ2v) is 11.1. The van der Waals surface area contributed by atoms with E-state index in [0.29, 0.717) is 28.1 Å². The van der Waals surface area contributed by atoms with Crippen molar-refractivity contribution in [2.24, 2.45) is 5.41 Å². The van der Waals surface area contributed by atoms with Crippen LogP contribution in [-0.2, 0) is 0 Å². The van der Waals surface area contributed by atoms with E-state index in [2.05, 4.69) is 36.1 Å². The number of fused-ring (bicyclic) bond motifs is 1. The third-order valence-electron chi connectivity index (χ3n) is 7.87. The average Bonchev–Trinajstić information content (AvgIpc) is 3.44. The van der Waals surface area contributed by atoms with Crippen LogP contribution in [0.3, 0.4) is 0 Å². The van der Waals surface area contributed by atoms with Gasteiger partial charge in [-0.2, -0.15) is 0 Å². The lowest BCUT2D eigenvalue weighted by molar-refractivity contribution is -0.0222. The molecule has 0 unspecified atom stereocenters. The summed E-state index contributed by atoms with van der Waals surface area (Å²) in [6.45, 7) is 2.41. The molecule has 1 aromatic heterocycles. The average molecular weight is 544 g/mol. The Morgan fingerprint density at radius 3 is 2.40 bits per heavy atom. The van der Waals surface area contributed by atoms with Crippen LogP contribution >= 0.6 is 15.9 Å². The van der Waals surface area contributed by atoms with Gasteiger partial charge >= 0.3 is 0 Å². The van der Waals surface area contributed by atoms with Crippen molar-refractivity contribution in [1.82, 2.24) is 9.97 Å². The number of nitrogens with one attached hydrogen (secondary N) is 2. The maximum Gasteiger partial charge on any atom is 0.257 e. The first-order valence-electron chi connectivity index (χ1n) is 12.3. The van der Waals surface area contributed by atoms with Gasteiger partial charge in [0.1, 0.15) is 5.52 Å². The SMILES string of the molecule is O=C(Nc1cccc2[nH]c(N3CCC(F)(F)CC3)nc12)c1ccc(Br)cc1N1CCC2(CC1)CC2. The summed E-state index contributed by atoms with van der Waals surface area (Å²) in [5.74, 6) is -2.24. The summed E-state index contributed by atoms with van der Waals surface area (Å²) < 4.78 is 28.1. The number of halogens is 3.